The number of cyclic esters (lactones) is 1. The average Bonchev–Trinajstić information content (AvgIpc) is 3.33. The van der Waals surface area contributed by atoms with Gasteiger partial charge in [-0.15, -0.1) is 0 Å². The molecule has 2 bridgehead atoms. The van der Waals surface area contributed by atoms with Crippen molar-refractivity contribution >= 4 is 35.2 Å². The number of aliphatic hydroxyl groups is 2. The first-order valence-electron chi connectivity index (χ1n) is 25.8. The third-order valence-corrected chi connectivity index (χ3v) is 15.2. The van der Waals surface area contributed by atoms with Crippen molar-refractivity contribution in [3.63, 3.8) is 0 Å². The number of carbonyl (C=O) groups is 6. The van der Waals surface area contributed by atoms with Crippen LogP contribution in [-0.2, 0) is 57.2 Å². The number of rotatable bonds is 8. The normalized spacial score (nSPS) is 36.7. The number of allylic oxidation sites excluding steroid dienone is 6. The molecule has 0 radical (unpaired) electrons. The Hall–Kier alpha value is -3.86. The van der Waals surface area contributed by atoms with Gasteiger partial charge in [-0.25, -0.2) is 4.79 Å². The summed E-state index contributed by atoms with van der Waals surface area (Å²) in [6, 6.07) is -1.16. The lowest BCUT2D eigenvalue weighted by Gasteiger charge is -2.42. The molecule has 0 spiro atoms. The van der Waals surface area contributed by atoms with Crippen molar-refractivity contribution in [2.24, 2.45) is 41.4 Å². The van der Waals surface area contributed by atoms with Crippen LogP contribution >= 0.6 is 0 Å². The third-order valence-electron chi connectivity index (χ3n) is 15.2. The number of aliphatic hydroxyl groups excluding tert-OH is 1. The molecule has 0 aromatic heterocycles. The molecule has 15 heteroatoms. The molecule has 15 unspecified atom stereocenters. The molecule has 0 aromatic rings. The van der Waals surface area contributed by atoms with Gasteiger partial charge in [0.05, 0.1) is 30.3 Å². The van der Waals surface area contributed by atoms with Crippen LogP contribution in [0.4, 0.5) is 0 Å². The van der Waals surface area contributed by atoms with Crippen LogP contribution in [0.1, 0.15) is 139 Å². The smallest absolute Gasteiger partial charge is 0.329 e. The Labute approximate surface area is 417 Å². The number of nitrogens with zero attached hydrogens (tertiary/aromatic N) is 1. The van der Waals surface area contributed by atoms with Crippen LogP contribution in [0.3, 0.4) is 0 Å². The highest BCUT2D eigenvalue weighted by atomic mass is 16.6. The number of ketones is 3. The van der Waals surface area contributed by atoms with Gasteiger partial charge in [0, 0.05) is 58.5 Å². The van der Waals surface area contributed by atoms with Gasteiger partial charge in [-0.05, 0) is 107 Å². The van der Waals surface area contributed by atoms with Crippen molar-refractivity contribution in [3.05, 3.63) is 47.6 Å². The quantitative estimate of drug-likeness (QED) is 0.180. The highest BCUT2D eigenvalue weighted by molar-refractivity contribution is 6.39. The van der Waals surface area contributed by atoms with Crippen LogP contribution < -0.4 is 0 Å². The summed E-state index contributed by atoms with van der Waals surface area (Å²) < 4.78 is 35.5. The fraction of sp³-hybridized carbons (Fsp3) is 0.745. The minimum atomic E-state index is -2.44. The fourth-order valence-electron chi connectivity index (χ4n) is 10.5. The first-order chi connectivity index (χ1) is 33.1. The molecule has 4 aliphatic rings. The van der Waals surface area contributed by atoms with Crippen molar-refractivity contribution in [1.29, 1.82) is 0 Å². The molecule has 4 rings (SSSR count). The topological polar surface area (TPSA) is 201 Å². The van der Waals surface area contributed by atoms with Gasteiger partial charge in [0.15, 0.2) is 11.6 Å². The summed E-state index contributed by atoms with van der Waals surface area (Å²) in [6.45, 7) is 16.3. The second kappa shape index (κ2) is 27.3. The van der Waals surface area contributed by atoms with Crippen LogP contribution in [0.15, 0.2) is 47.6 Å². The predicted molar refractivity (Wildman–Crippen MR) is 264 cm³/mol. The van der Waals surface area contributed by atoms with E-state index in [2.05, 4.69) is 0 Å². The van der Waals surface area contributed by atoms with Crippen molar-refractivity contribution in [2.75, 3.05) is 27.9 Å². The molecule has 394 valence electrons. The number of hydrogen-bond donors (Lipinski definition) is 2. The van der Waals surface area contributed by atoms with E-state index in [1.54, 1.807) is 54.9 Å². The third kappa shape index (κ3) is 15.6. The Balaban J connectivity index is 1.70. The highest BCUT2D eigenvalue weighted by Crippen LogP contribution is 2.38. The Kier molecular flexibility index (Phi) is 22.9. The van der Waals surface area contributed by atoms with Gasteiger partial charge in [-0.1, -0.05) is 84.9 Å². The van der Waals surface area contributed by atoms with E-state index in [9.17, 15) is 39.0 Å². The van der Waals surface area contributed by atoms with E-state index < -0.39 is 83.9 Å². The molecule has 0 aromatic carbocycles. The SMILES string of the molecule is COC1CC2CCC(C)C(O)(O2)C(=O)C(=O)N2CCCCC2C(=O)OC(C(C)CC2CCC(OC(=O)C(C)C)C(OC)C2)CC(=O)/C(C)=C\C(C)C(O)C(OC)C(=O)C(C)CC(C)C=CC=CC=C1C. The van der Waals surface area contributed by atoms with E-state index >= 15 is 0 Å². The van der Waals surface area contributed by atoms with Gasteiger partial charge in [-0.3, -0.25) is 24.0 Å². The molecular weight excluding hydrogens is 899 g/mol. The van der Waals surface area contributed by atoms with E-state index in [4.69, 9.17) is 28.4 Å². The zero-order valence-corrected chi connectivity index (χ0v) is 44.1. The highest BCUT2D eigenvalue weighted by Gasteiger charge is 2.53. The van der Waals surface area contributed by atoms with Crippen molar-refractivity contribution in [2.45, 2.75) is 194 Å². The summed E-state index contributed by atoms with van der Waals surface area (Å²) in [5.41, 5.74) is 1.17. The lowest BCUT2D eigenvalue weighted by atomic mass is 9.78. The minimum absolute atomic E-state index is 0.0125. The molecule has 15 atom stereocenters. The number of amides is 1. The zero-order chi connectivity index (χ0) is 52.0. The first-order valence-corrected chi connectivity index (χ1v) is 25.8. The van der Waals surface area contributed by atoms with Gasteiger partial charge in [0.25, 0.3) is 11.7 Å². The number of ether oxygens (including phenoxy) is 6. The van der Waals surface area contributed by atoms with Crippen LogP contribution in [-0.4, -0.2) is 133 Å². The molecule has 2 N–H and O–H groups in total. The standard InChI is InChI=1S/C55H85NO14/c1-32(2)53(62)68-44-24-22-40(29-47(44)66-11)28-36(6)46-31-43(57)35(5)27-38(8)49(59)50(67-12)48(58)37(7)26-33(3)18-14-13-15-19-34(4)45(65-10)30-41-23-21-39(9)55(64,70-41)51(60)52(61)56-25-17-16-20-42(56)54(63)69-46/h13-15,18-19,27,32-33,36-42,44-47,49-50,59,64H,16-17,20-26,28-31H2,1-12H3/b15-13?,18-14?,34-19?,35-27-. The molecule has 3 heterocycles. The van der Waals surface area contributed by atoms with Gasteiger partial charge in [0.2, 0.25) is 5.79 Å². The van der Waals surface area contributed by atoms with Crippen molar-refractivity contribution in [1.82, 2.24) is 4.90 Å². The molecule has 1 amide bonds. The maximum Gasteiger partial charge on any atom is 0.329 e. The second-order valence-corrected chi connectivity index (χ2v) is 21.2. The molecule has 15 nitrogen and oxygen atoms in total. The monoisotopic (exact) mass is 984 g/mol. The van der Waals surface area contributed by atoms with Crippen LogP contribution in [0.2, 0.25) is 0 Å². The largest absolute Gasteiger partial charge is 0.460 e. The lowest BCUT2D eigenvalue weighted by Crippen LogP contribution is -2.61. The Morgan fingerprint density at radius 2 is 1.57 bits per heavy atom. The predicted octanol–water partition coefficient (Wildman–Crippen LogP) is 7.39. The Morgan fingerprint density at radius 1 is 0.857 bits per heavy atom. The number of hydrogen-bond acceptors (Lipinski definition) is 14. The number of methoxy groups -OCH3 is 3. The maximum atomic E-state index is 14.5. The molecule has 3 fully saturated rings. The minimum Gasteiger partial charge on any atom is -0.460 e. The molecule has 1 saturated carbocycles. The summed E-state index contributed by atoms with van der Waals surface area (Å²) in [5.74, 6) is -8.72. The van der Waals surface area contributed by atoms with E-state index in [1.165, 1.54) is 12.0 Å². The van der Waals surface area contributed by atoms with E-state index in [0.29, 0.717) is 69.8 Å². The number of Topliss-reactive ketones (excluding diaryl/α,β-unsaturated/α-hetero) is 3. The number of piperidine rings is 1. The Morgan fingerprint density at radius 3 is 2.23 bits per heavy atom. The van der Waals surface area contributed by atoms with Gasteiger partial charge in [0.1, 0.15) is 24.4 Å². The molecular formula is C55H85NO14. The average molecular weight is 984 g/mol. The van der Waals surface area contributed by atoms with Gasteiger partial charge >= 0.3 is 11.9 Å². The number of fused-ring (bicyclic) bond motifs is 3. The van der Waals surface area contributed by atoms with Crippen LogP contribution in [0, 0.1) is 41.4 Å². The van der Waals surface area contributed by atoms with Crippen molar-refractivity contribution < 1.29 is 67.4 Å². The second-order valence-electron chi connectivity index (χ2n) is 21.2. The summed E-state index contributed by atoms with van der Waals surface area (Å²) in [5, 5.41) is 23.5. The molecule has 2 saturated heterocycles. The van der Waals surface area contributed by atoms with E-state index in [-0.39, 0.29) is 66.7 Å². The van der Waals surface area contributed by atoms with E-state index in [1.807, 2.05) is 58.1 Å². The van der Waals surface area contributed by atoms with E-state index in [0.717, 1.165) is 5.57 Å². The first kappa shape index (κ1) is 58.7. The molecule has 1 aliphatic carbocycles. The van der Waals surface area contributed by atoms with Crippen LogP contribution in [0.5, 0.6) is 0 Å². The summed E-state index contributed by atoms with van der Waals surface area (Å²) in [7, 11) is 4.54. The fourth-order valence-corrected chi connectivity index (χ4v) is 10.5. The molecule has 3 aliphatic heterocycles. The Bertz CT molecular complexity index is 1920. The maximum absolute atomic E-state index is 14.5. The zero-order valence-electron chi connectivity index (χ0n) is 44.1. The summed E-state index contributed by atoms with van der Waals surface area (Å²) >= 11 is 0. The van der Waals surface area contributed by atoms with Crippen LogP contribution in [0.25, 0.3) is 0 Å². The number of carbonyl (C=O) groups excluding carboxylic acids is 6. The summed E-state index contributed by atoms with van der Waals surface area (Å²) in [4.78, 5) is 84.8. The molecule has 70 heavy (non-hydrogen) atoms. The van der Waals surface area contributed by atoms with Gasteiger partial charge in [-0.2, -0.15) is 0 Å². The van der Waals surface area contributed by atoms with Crippen molar-refractivity contribution in [3.8, 4) is 0 Å². The summed E-state index contributed by atoms with van der Waals surface area (Å²) in [6.07, 6.45) is 11.2. The number of esters is 2. The lowest BCUT2D eigenvalue weighted by molar-refractivity contribution is -0.265. The van der Waals surface area contributed by atoms with Gasteiger partial charge < -0.3 is 43.5 Å².